The Labute approximate surface area is 126 Å². The number of rotatable bonds is 4. The Morgan fingerprint density at radius 2 is 2.33 bits per heavy atom. The second-order valence-corrected chi connectivity index (χ2v) is 7.88. The molecule has 1 aromatic rings. The summed E-state index contributed by atoms with van der Waals surface area (Å²) >= 11 is 0.924. The Hall–Kier alpha value is -1.32. The van der Waals surface area contributed by atoms with Crippen LogP contribution in [0.3, 0.4) is 0 Å². The van der Waals surface area contributed by atoms with Crippen LogP contribution >= 0.6 is 11.3 Å². The third kappa shape index (κ3) is 4.58. The summed E-state index contributed by atoms with van der Waals surface area (Å²) in [4.78, 5) is 12.5. The molecule has 1 amide bonds. The first kappa shape index (κ1) is 16.1. The number of nitrogens with zero attached hydrogens (tertiary/aromatic N) is 2. The SMILES string of the molecule is CS(=O)(=O)N1CCCC(C(=O)NN=Cc2ccc(F)s2)C1. The van der Waals surface area contributed by atoms with Gasteiger partial charge in [-0.3, -0.25) is 4.79 Å². The van der Waals surface area contributed by atoms with Crippen LogP contribution in [0.25, 0.3) is 0 Å². The van der Waals surface area contributed by atoms with Gasteiger partial charge >= 0.3 is 0 Å². The van der Waals surface area contributed by atoms with Gasteiger partial charge in [0.05, 0.1) is 23.3 Å². The van der Waals surface area contributed by atoms with Crippen molar-refractivity contribution in [1.29, 1.82) is 0 Å². The first-order valence-electron chi connectivity index (χ1n) is 6.39. The molecule has 2 heterocycles. The molecule has 1 atom stereocenters. The van der Waals surface area contributed by atoms with E-state index in [4.69, 9.17) is 0 Å². The Morgan fingerprint density at radius 1 is 1.57 bits per heavy atom. The molecule has 1 aliphatic rings. The van der Waals surface area contributed by atoms with Gasteiger partial charge in [0.2, 0.25) is 15.9 Å². The predicted octanol–water partition coefficient (Wildman–Crippen LogP) is 1.01. The highest BCUT2D eigenvalue weighted by Crippen LogP contribution is 2.18. The van der Waals surface area contributed by atoms with E-state index in [2.05, 4.69) is 10.5 Å². The molecular weight excluding hydrogens is 317 g/mol. The van der Waals surface area contributed by atoms with Crippen molar-refractivity contribution in [2.24, 2.45) is 11.0 Å². The zero-order valence-electron chi connectivity index (χ0n) is 11.5. The highest BCUT2D eigenvalue weighted by atomic mass is 32.2. The molecule has 1 aromatic heterocycles. The van der Waals surface area contributed by atoms with Gasteiger partial charge in [-0.1, -0.05) is 0 Å². The topological polar surface area (TPSA) is 78.8 Å². The van der Waals surface area contributed by atoms with Crippen LogP contribution in [0.5, 0.6) is 0 Å². The molecule has 1 unspecified atom stereocenters. The molecule has 0 bridgehead atoms. The fourth-order valence-corrected chi connectivity index (χ4v) is 3.62. The fraction of sp³-hybridized carbons (Fsp3) is 0.500. The molecule has 6 nitrogen and oxygen atoms in total. The van der Waals surface area contributed by atoms with E-state index in [0.717, 1.165) is 17.6 Å². The van der Waals surface area contributed by atoms with Crippen molar-refractivity contribution in [3.05, 3.63) is 22.1 Å². The maximum atomic E-state index is 12.8. The number of halogens is 1. The largest absolute Gasteiger partial charge is 0.273 e. The van der Waals surface area contributed by atoms with E-state index >= 15 is 0 Å². The average Bonchev–Trinajstić information content (AvgIpc) is 2.83. The normalized spacial score (nSPS) is 20.8. The van der Waals surface area contributed by atoms with Gasteiger partial charge in [-0.05, 0) is 25.0 Å². The monoisotopic (exact) mass is 333 g/mol. The second kappa shape index (κ2) is 6.63. The van der Waals surface area contributed by atoms with E-state index in [1.165, 1.54) is 16.6 Å². The van der Waals surface area contributed by atoms with Crippen molar-refractivity contribution in [2.75, 3.05) is 19.3 Å². The van der Waals surface area contributed by atoms with E-state index in [0.29, 0.717) is 24.3 Å². The number of carbonyl (C=O) groups excluding carboxylic acids is 1. The quantitative estimate of drug-likeness (QED) is 0.660. The lowest BCUT2D eigenvalue weighted by Crippen LogP contribution is -2.44. The van der Waals surface area contributed by atoms with Crippen molar-refractivity contribution < 1.29 is 17.6 Å². The molecule has 116 valence electrons. The molecule has 0 spiro atoms. The lowest BCUT2D eigenvalue weighted by atomic mass is 9.99. The van der Waals surface area contributed by atoms with Gasteiger partial charge in [-0.2, -0.15) is 9.49 Å². The number of piperidine rings is 1. The van der Waals surface area contributed by atoms with Crippen LogP contribution in [0.4, 0.5) is 4.39 Å². The van der Waals surface area contributed by atoms with E-state index in [1.54, 1.807) is 6.07 Å². The molecule has 9 heteroatoms. The summed E-state index contributed by atoms with van der Waals surface area (Å²) < 4.78 is 37.0. The number of amides is 1. The predicted molar refractivity (Wildman–Crippen MR) is 79.2 cm³/mol. The summed E-state index contributed by atoms with van der Waals surface area (Å²) in [6.07, 6.45) is 3.77. The highest BCUT2D eigenvalue weighted by Gasteiger charge is 2.29. The molecule has 1 N–H and O–H groups in total. The minimum Gasteiger partial charge on any atom is -0.273 e. The van der Waals surface area contributed by atoms with Crippen LogP contribution in [-0.4, -0.2) is 44.2 Å². The van der Waals surface area contributed by atoms with Gasteiger partial charge in [-0.25, -0.2) is 18.1 Å². The Balaban J connectivity index is 1.89. The molecule has 0 radical (unpaired) electrons. The van der Waals surface area contributed by atoms with Gasteiger partial charge in [0.1, 0.15) is 0 Å². The smallest absolute Gasteiger partial charge is 0.244 e. The summed E-state index contributed by atoms with van der Waals surface area (Å²) in [6.45, 7) is 0.619. The van der Waals surface area contributed by atoms with Crippen molar-refractivity contribution in [1.82, 2.24) is 9.73 Å². The first-order chi connectivity index (χ1) is 9.86. The lowest BCUT2D eigenvalue weighted by Gasteiger charge is -2.29. The maximum absolute atomic E-state index is 12.8. The van der Waals surface area contributed by atoms with Crippen molar-refractivity contribution in [3.8, 4) is 0 Å². The standard InChI is InChI=1S/C12H16FN3O3S2/c1-21(18,19)16-6-2-3-9(8-16)12(17)15-14-7-10-4-5-11(13)20-10/h4-5,7,9H,2-3,6,8H2,1H3,(H,15,17). The average molecular weight is 333 g/mol. The molecule has 0 saturated carbocycles. The highest BCUT2D eigenvalue weighted by molar-refractivity contribution is 7.88. The van der Waals surface area contributed by atoms with E-state index in [-0.39, 0.29) is 17.6 Å². The summed E-state index contributed by atoms with van der Waals surface area (Å²) in [7, 11) is -3.28. The van der Waals surface area contributed by atoms with Crippen molar-refractivity contribution in [2.45, 2.75) is 12.8 Å². The number of hydrogen-bond donors (Lipinski definition) is 1. The maximum Gasteiger partial charge on any atom is 0.244 e. The third-order valence-corrected chi connectivity index (χ3v) is 5.26. The van der Waals surface area contributed by atoms with Crippen molar-refractivity contribution >= 4 is 33.5 Å². The number of nitrogens with one attached hydrogen (secondary N) is 1. The molecule has 0 aromatic carbocycles. The molecule has 21 heavy (non-hydrogen) atoms. The summed E-state index contributed by atoms with van der Waals surface area (Å²) in [6, 6.07) is 2.88. The van der Waals surface area contributed by atoms with E-state index in [1.807, 2.05) is 0 Å². The molecule has 0 aliphatic carbocycles. The first-order valence-corrected chi connectivity index (χ1v) is 9.06. The minimum atomic E-state index is -3.28. The third-order valence-electron chi connectivity index (χ3n) is 3.18. The van der Waals surface area contributed by atoms with Gasteiger partial charge < -0.3 is 0 Å². The van der Waals surface area contributed by atoms with E-state index in [9.17, 15) is 17.6 Å². The van der Waals surface area contributed by atoms with Crippen LogP contribution in [0, 0.1) is 11.0 Å². The molecule has 1 saturated heterocycles. The summed E-state index contributed by atoms with van der Waals surface area (Å²) in [5.41, 5.74) is 2.38. The van der Waals surface area contributed by atoms with Crippen LogP contribution in [0.15, 0.2) is 17.2 Å². The zero-order valence-corrected chi connectivity index (χ0v) is 13.1. The van der Waals surface area contributed by atoms with Crippen molar-refractivity contribution in [3.63, 3.8) is 0 Å². The molecule has 1 aliphatic heterocycles. The fourth-order valence-electron chi connectivity index (χ4n) is 2.11. The summed E-state index contributed by atoms with van der Waals surface area (Å²) in [5, 5.41) is 3.45. The van der Waals surface area contributed by atoms with Gasteiger partial charge in [0.15, 0.2) is 5.13 Å². The Kier molecular flexibility index (Phi) is 5.07. The Morgan fingerprint density at radius 3 is 2.95 bits per heavy atom. The molecule has 1 fully saturated rings. The second-order valence-electron chi connectivity index (χ2n) is 4.84. The summed E-state index contributed by atoms with van der Waals surface area (Å²) in [5.74, 6) is -0.734. The lowest BCUT2D eigenvalue weighted by molar-refractivity contribution is -0.126. The Bertz CT molecular complexity index is 642. The molecular formula is C12H16FN3O3S2. The molecule has 2 rings (SSSR count). The zero-order chi connectivity index (χ0) is 15.5. The van der Waals surface area contributed by atoms with Crippen LogP contribution in [0.1, 0.15) is 17.7 Å². The number of hydrogen-bond acceptors (Lipinski definition) is 5. The number of hydrazone groups is 1. The van der Waals surface area contributed by atoms with Crippen LogP contribution < -0.4 is 5.43 Å². The van der Waals surface area contributed by atoms with Gasteiger partial charge in [0, 0.05) is 13.1 Å². The minimum absolute atomic E-state index is 0.174. The van der Waals surface area contributed by atoms with Crippen LogP contribution in [-0.2, 0) is 14.8 Å². The number of carbonyl (C=O) groups is 1. The van der Waals surface area contributed by atoms with Crippen LogP contribution in [0.2, 0.25) is 0 Å². The van der Waals surface area contributed by atoms with Gasteiger partial charge in [0.25, 0.3) is 0 Å². The van der Waals surface area contributed by atoms with Gasteiger partial charge in [-0.15, -0.1) is 11.3 Å². The number of thiophene rings is 1. The number of sulfonamides is 1. The van der Waals surface area contributed by atoms with E-state index < -0.39 is 15.9 Å².